The van der Waals surface area contributed by atoms with E-state index in [9.17, 15) is 20.4 Å². The predicted molar refractivity (Wildman–Crippen MR) is 138 cm³/mol. The van der Waals surface area contributed by atoms with Crippen molar-refractivity contribution in [2.75, 3.05) is 0 Å². The maximum Gasteiger partial charge on any atom is 0.121 e. The smallest absolute Gasteiger partial charge is 0.121 e. The van der Waals surface area contributed by atoms with Crippen molar-refractivity contribution in [1.29, 1.82) is 5.41 Å². The minimum Gasteiger partial charge on any atom is -0.511 e. The minimum atomic E-state index is -1.50. The average Bonchev–Trinajstić information content (AvgIpc) is 2.74. The van der Waals surface area contributed by atoms with Crippen LogP contribution in [0.15, 0.2) is 23.5 Å². The van der Waals surface area contributed by atoms with Gasteiger partial charge < -0.3 is 26.2 Å². The fourth-order valence-corrected chi connectivity index (χ4v) is 4.95. The topological polar surface area (TPSA) is 131 Å². The van der Waals surface area contributed by atoms with E-state index in [4.69, 9.17) is 11.1 Å². The lowest BCUT2D eigenvalue weighted by molar-refractivity contribution is -0.120. The second kappa shape index (κ2) is 17.1. The Morgan fingerprint density at radius 1 is 0.848 bits per heavy atom. The van der Waals surface area contributed by atoms with Crippen LogP contribution in [0.1, 0.15) is 112 Å². The van der Waals surface area contributed by atoms with E-state index in [0.29, 0.717) is 6.42 Å². The molecule has 194 valence electrons. The van der Waals surface area contributed by atoms with Gasteiger partial charge in [0, 0.05) is 11.5 Å². The number of hydrogen-bond donors (Lipinski definition) is 6. The van der Waals surface area contributed by atoms with Gasteiger partial charge in [-0.15, -0.1) is 0 Å². The summed E-state index contributed by atoms with van der Waals surface area (Å²) in [6.07, 6.45) is 14.7. The van der Waals surface area contributed by atoms with Gasteiger partial charge >= 0.3 is 0 Å². The number of aliphatic hydroxyl groups excluding tert-OH is 4. The Morgan fingerprint density at radius 3 is 1.73 bits per heavy atom. The summed E-state index contributed by atoms with van der Waals surface area (Å²) in [5, 5.41) is 50.6. The first kappa shape index (κ1) is 31.6. The molecule has 6 heteroatoms. The van der Waals surface area contributed by atoms with Crippen LogP contribution in [0.2, 0.25) is 0 Å². The van der Waals surface area contributed by atoms with Crippen molar-refractivity contribution < 1.29 is 20.4 Å². The second-order valence-electron chi connectivity index (χ2n) is 9.69. The summed E-state index contributed by atoms with van der Waals surface area (Å²) in [5.74, 6) is -1.23. The zero-order chi connectivity index (χ0) is 25.4. The molecule has 0 rings (SSSR count). The van der Waals surface area contributed by atoms with Crippen LogP contribution < -0.4 is 5.73 Å². The van der Waals surface area contributed by atoms with Crippen LogP contribution in [-0.4, -0.2) is 44.6 Å². The fraction of sp³-hybridized carbons (Fsp3) is 0.815. The Bertz CT molecular complexity index is 589. The van der Waals surface area contributed by atoms with Gasteiger partial charge in [0.05, 0.1) is 23.7 Å². The lowest BCUT2D eigenvalue weighted by Gasteiger charge is -2.46. The molecular formula is C27H52N2O4. The third-order valence-electron chi connectivity index (χ3n) is 7.02. The van der Waals surface area contributed by atoms with E-state index in [1.807, 2.05) is 0 Å². The number of allylic oxidation sites excluding steroid dienone is 2. The number of nitrogens with one attached hydrogen (secondary N) is 1. The third kappa shape index (κ3) is 10.2. The second-order valence-corrected chi connectivity index (χ2v) is 9.69. The van der Waals surface area contributed by atoms with Gasteiger partial charge in [0.25, 0.3) is 0 Å². The largest absolute Gasteiger partial charge is 0.511 e. The predicted octanol–water partition coefficient (Wildman–Crippen LogP) is 5.76. The molecule has 0 aliphatic rings. The molecule has 0 saturated heterocycles. The number of amidine groups is 1. The van der Waals surface area contributed by atoms with Crippen molar-refractivity contribution in [3.8, 4) is 0 Å². The Kier molecular flexibility index (Phi) is 16.4. The van der Waals surface area contributed by atoms with Crippen LogP contribution in [0.25, 0.3) is 0 Å². The molecule has 0 aromatic carbocycles. The summed E-state index contributed by atoms with van der Waals surface area (Å²) >= 11 is 0. The standard InChI is InChI=1S/C27H52N2O4/c1-6-7-8-9-10-11-12-13-14-15-16-17-18-19-24(21(3)30)27(22(4)31,23(5)32)25(33)20(2)26(28)29/h13-14,21-24,30-33H,6-12,15-19H2,1-5H3,(H3,28,29). The van der Waals surface area contributed by atoms with Crippen molar-refractivity contribution in [2.24, 2.45) is 17.1 Å². The van der Waals surface area contributed by atoms with Crippen LogP contribution in [0.4, 0.5) is 0 Å². The van der Waals surface area contributed by atoms with Crippen LogP contribution in [0.5, 0.6) is 0 Å². The molecule has 0 fully saturated rings. The molecule has 0 spiro atoms. The van der Waals surface area contributed by atoms with Crippen molar-refractivity contribution in [3.05, 3.63) is 23.5 Å². The summed E-state index contributed by atoms with van der Waals surface area (Å²) in [5.41, 5.74) is 4.18. The van der Waals surface area contributed by atoms with Crippen LogP contribution in [0, 0.1) is 16.7 Å². The third-order valence-corrected chi connectivity index (χ3v) is 7.02. The van der Waals surface area contributed by atoms with Crippen LogP contribution >= 0.6 is 0 Å². The molecule has 6 nitrogen and oxygen atoms in total. The van der Waals surface area contributed by atoms with Gasteiger partial charge in [-0.25, -0.2) is 0 Å². The summed E-state index contributed by atoms with van der Waals surface area (Å²) in [6, 6.07) is 0. The van der Waals surface area contributed by atoms with Gasteiger partial charge in [-0.3, -0.25) is 5.41 Å². The van der Waals surface area contributed by atoms with Gasteiger partial charge in [-0.05, 0) is 59.8 Å². The highest BCUT2D eigenvalue weighted by molar-refractivity contribution is 5.94. The number of rotatable bonds is 19. The van der Waals surface area contributed by atoms with Crippen LogP contribution in [0.3, 0.4) is 0 Å². The van der Waals surface area contributed by atoms with Gasteiger partial charge in [0.1, 0.15) is 11.6 Å². The maximum atomic E-state index is 11.0. The fourth-order valence-electron chi connectivity index (χ4n) is 4.95. The molecule has 0 saturated carbocycles. The van der Waals surface area contributed by atoms with E-state index in [0.717, 1.165) is 32.1 Å². The molecule has 0 aromatic heterocycles. The van der Waals surface area contributed by atoms with E-state index in [-0.39, 0.29) is 17.2 Å². The van der Waals surface area contributed by atoms with E-state index < -0.39 is 29.6 Å². The Labute approximate surface area is 202 Å². The highest BCUT2D eigenvalue weighted by Crippen LogP contribution is 2.46. The molecule has 0 amide bonds. The molecule has 7 N–H and O–H groups in total. The van der Waals surface area contributed by atoms with E-state index in [1.165, 1.54) is 59.3 Å². The first-order valence-electron chi connectivity index (χ1n) is 13.0. The number of hydrogen-bond acceptors (Lipinski definition) is 5. The lowest BCUT2D eigenvalue weighted by Crippen LogP contribution is -2.54. The summed E-state index contributed by atoms with van der Waals surface area (Å²) in [7, 11) is 0. The molecular weight excluding hydrogens is 416 g/mol. The quantitative estimate of drug-likeness (QED) is 0.0472. The van der Waals surface area contributed by atoms with E-state index in [1.54, 1.807) is 6.92 Å². The number of aliphatic hydroxyl groups is 4. The van der Waals surface area contributed by atoms with Crippen molar-refractivity contribution in [3.63, 3.8) is 0 Å². The van der Waals surface area contributed by atoms with Gasteiger partial charge in [0.15, 0.2) is 0 Å². The van der Waals surface area contributed by atoms with Crippen molar-refractivity contribution in [1.82, 2.24) is 0 Å². The Hall–Kier alpha value is -1.37. The highest BCUT2D eigenvalue weighted by atomic mass is 16.3. The molecule has 0 aromatic rings. The zero-order valence-corrected chi connectivity index (χ0v) is 21.8. The van der Waals surface area contributed by atoms with Gasteiger partial charge in [-0.2, -0.15) is 0 Å². The lowest BCUT2D eigenvalue weighted by atomic mass is 9.62. The summed E-state index contributed by atoms with van der Waals surface area (Å²) in [6.45, 7) is 8.35. The summed E-state index contributed by atoms with van der Waals surface area (Å²) in [4.78, 5) is 0. The van der Waals surface area contributed by atoms with E-state index >= 15 is 0 Å². The molecule has 0 bridgehead atoms. The van der Waals surface area contributed by atoms with Gasteiger partial charge in [-0.1, -0.05) is 64.0 Å². The Balaban J connectivity index is 4.87. The van der Waals surface area contributed by atoms with Crippen LogP contribution in [-0.2, 0) is 0 Å². The highest BCUT2D eigenvalue weighted by Gasteiger charge is 2.52. The molecule has 0 heterocycles. The molecule has 4 atom stereocenters. The zero-order valence-electron chi connectivity index (χ0n) is 21.8. The molecule has 33 heavy (non-hydrogen) atoms. The molecule has 0 aliphatic carbocycles. The first-order chi connectivity index (χ1) is 15.5. The van der Waals surface area contributed by atoms with Gasteiger partial charge in [0.2, 0.25) is 0 Å². The van der Waals surface area contributed by atoms with Crippen molar-refractivity contribution in [2.45, 2.75) is 130 Å². The Morgan fingerprint density at radius 2 is 1.30 bits per heavy atom. The first-order valence-corrected chi connectivity index (χ1v) is 13.0. The number of unbranched alkanes of at least 4 members (excludes halogenated alkanes) is 9. The SMILES string of the molecule is CCCCCCCCC=CCCCCCC(C(C)O)C(C(O)=C(C)C(=N)N)(C(C)O)C(C)O. The van der Waals surface area contributed by atoms with E-state index in [2.05, 4.69) is 19.1 Å². The summed E-state index contributed by atoms with van der Waals surface area (Å²) < 4.78 is 0. The van der Waals surface area contributed by atoms with Crippen molar-refractivity contribution >= 4 is 5.84 Å². The molecule has 4 unspecified atom stereocenters. The normalized spacial score (nSPS) is 18.4. The average molecular weight is 469 g/mol. The maximum absolute atomic E-state index is 11.0. The minimum absolute atomic E-state index is 0.109. The molecule has 0 aliphatic heterocycles. The number of nitrogens with two attached hydrogens (primary N) is 1. The molecule has 0 radical (unpaired) electrons. The monoisotopic (exact) mass is 468 g/mol.